The molecule has 2 aliphatic rings. The summed E-state index contributed by atoms with van der Waals surface area (Å²) in [6, 6.07) is 16.8. The second kappa shape index (κ2) is 11.3. The fraction of sp³-hybridized carbons (Fsp3) is 0.394. The number of hydrogen-bond acceptors (Lipinski definition) is 9. The minimum absolute atomic E-state index is 0.142. The highest BCUT2D eigenvalue weighted by Gasteiger charge is 2.47. The summed E-state index contributed by atoms with van der Waals surface area (Å²) >= 11 is 0. The van der Waals surface area contributed by atoms with Crippen LogP contribution in [0.2, 0.25) is 0 Å². The molecule has 4 heterocycles. The number of anilines is 4. The molecule has 1 fully saturated rings. The fourth-order valence-corrected chi connectivity index (χ4v) is 6.19. The summed E-state index contributed by atoms with van der Waals surface area (Å²) in [5, 5.41) is 7.52. The topological polar surface area (TPSA) is 105 Å². The van der Waals surface area contributed by atoms with Crippen LogP contribution in [0.5, 0.6) is 5.75 Å². The number of nitrogens with zero attached hydrogens (tertiary/aromatic N) is 5. The minimum Gasteiger partial charge on any atom is -0.488 e. The molecule has 0 aliphatic carbocycles. The summed E-state index contributed by atoms with van der Waals surface area (Å²) in [5.41, 5.74) is 2.50. The van der Waals surface area contributed by atoms with E-state index in [0.29, 0.717) is 35.2 Å². The molecule has 10 nitrogen and oxygen atoms in total. The van der Waals surface area contributed by atoms with Crippen molar-refractivity contribution in [3.63, 3.8) is 0 Å². The van der Waals surface area contributed by atoms with Crippen molar-refractivity contribution in [1.29, 1.82) is 0 Å². The van der Waals surface area contributed by atoms with E-state index in [0.717, 1.165) is 43.0 Å². The van der Waals surface area contributed by atoms with Crippen LogP contribution in [0.15, 0.2) is 65.6 Å². The molecule has 2 N–H and O–H groups in total. The van der Waals surface area contributed by atoms with E-state index in [1.54, 1.807) is 12.3 Å². The van der Waals surface area contributed by atoms with Crippen molar-refractivity contribution >= 4 is 39.8 Å². The smallest absolute Gasteiger partial charge is 0.295 e. The molecule has 224 valence electrons. The zero-order chi connectivity index (χ0) is 30.3. The summed E-state index contributed by atoms with van der Waals surface area (Å²) in [4.78, 5) is 41.9. The zero-order valence-electron chi connectivity index (χ0n) is 25.4. The Hall–Kier alpha value is -4.44. The molecule has 0 bridgehead atoms. The first kappa shape index (κ1) is 28.7. The Morgan fingerprint density at radius 3 is 2.42 bits per heavy atom. The lowest BCUT2D eigenvalue weighted by Gasteiger charge is -2.47. The number of benzene rings is 2. The molecule has 6 rings (SSSR count). The number of ether oxygens (including phenoxy) is 1. The molecule has 2 aliphatic heterocycles. The van der Waals surface area contributed by atoms with Crippen molar-refractivity contribution in [3.05, 3.63) is 76.7 Å². The van der Waals surface area contributed by atoms with E-state index >= 15 is 0 Å². The second-order valence-corrected chi connectivity index (χ2v) is 12.0. The predicted molar refractivity (Wildman–Crippen MR) is 171 cm³/mol. The van der Waals surface area contributed by atoms with E-state index in [-0.39, 0.29) is 11.5 Å². The van der Waals surface area contributed by atoms with Crippen molar-refractivity contribution in [2.24, 2.45) is 0 Å². The molecule has 2 aromatic heterocycles. The predicted octanol–water partition coefficient (Wildman–Crippen LogP) is 5.09. The standard InChI is InChI=1S/C33H39N7O3/c1-6-43-27-19-21-20-34-32(36-23-13-11-22(12-14-23)35-24-15-17-38(4)18-16-24)37-30(21)40(31(27)42)29-28(41)25-9-7-8-10-26(25)39(5)33(29,2)3/h7-14,19-20,24,29,35H,6,15-18H2,1-5H3,(H,34,36,37). The van der Waals surface area contributed by atoms with Crippen molar-refractivity contribution in [3.8, 4) is 5.75 Å². The fourth-order valence-electron chi connectivity index (χ4n) is 6.19. The third-order valence-electron chi connectivity index (χ3n) is 8.84. The van der Waals surface area contributed by atoms with Crippen molar-refractivity contribution < 1.29 is 9.53 Å². The number of aromatic nitrogens is 3. The maximum Gasteiger partial charge on any atom is 0.295 e. The van der Waals surface area contributed by atoms with E-state index in [4.69, 9.17) is 9.72 Å². The van der Waals surface area contributed by atoms with Crippen LogP contribution < -0.4 is 25.8 Å². The lowest BCUT2D eigenvalue weighted by molar-refractivity contribution is 0.0858. The summed E-state index contributed by atoms with van der Waals surface area (Å²) < 4.78 is 7.23. The van der Waals surface area contributed by atoms with Crippen LogP contribution in [0.3, 0.4) is 0 Å². The van der Waals surface area contributed by atoms with Crippen molar-refractivity contribution in [1.82, 2.24) is 19.4 Å². The van der Waals surface area contributed by atoms with Gasteiger partial charge in [0.05, 0.1) is 12.1 Å². The number of rotatable bonds is 7. The van der Waals surface area contributed by atoms with Gasteiger partial charge in [0.1, 0.15) is 11.7 Å². The first-order valence-corrected chi connectivity index (χ1v) is 14.9. The van der Waals surface area contributed by atoms with E-state index in [1.165, 1.54) is 4.57 Å². The van der Waals surface area contributed by atoms with Gasteiger partial charge in [-0.25, -0.2) is 4.98 Å². The number of fused-ring (bicyclic) bond motifs is 2. The number of pyridine rings is 1. The number of likely N-dealkylation sites (N-methyl/N-ethyl adjacent to an activating group) is 1. The quantitative estimate of drug-likeness (QED) is 0.309. The van der Waals surface area contributed by atoms with Crippen LogP contribution >= 0.6 is 0 Å². The molecule has 2 aromatic carbocycles. The van der Waals surface area contributed by atoms with Gasteiger partial charge in [0.25, 0.3) is 5.56 Å². The van der Waals surface area contributed by atoms with E-state index in [1.807, 2.05) is 76.3 Å². The number of hydrogen-bond donors (Lipinski definition) is 2. The van der Waals surface area contributed by atoms with Gasteiger partial charge in [-0.2, -0.15) is 4.98 Å². The molecular weight excluding hydrogens is 542 g/mol. The third kappa shape index (κ3) is 5.31. The van der Waals surface area contributed by atoms with E-state index in [9.17, 15) is 9.59 Å². The number of carbonyl (C=O) groups is 1. The number of likely N-dealkylation sites (tertiary alicyclic amines) is 1. The average Bonchev–Trinajstić information content (AvgIpc) is 3.00. The Labute approximate surface area is 251 Å². The van der Waals surface area contributed by atoms with Crippen LogP contribution in [0.4, 0.5) is 23.0 Å². The maximum absolute atomic E-state index is 14.1. The van der Waals surface area contributed by atoms with Gasteiger partial charge in [0.2, 0.25) is 5.95 Å². The Morgan fingerprint density at radius 2 is 1.70 bits per heavy atom. The highest BCUT2D eigenvalue weighted by molar-refractivity contribution is 6.07. The third-order valence-corrected chi connectivity index (χ3v) is 8.84. The molecule has 0 spiro atoms. The monoisotopic (exact) mass is 581 g/mol. The minimum atomic E-state index is -0.851. The summed E-state index contributed by atoms with van der Waals surface area (Å²) in [7, 11) is 4.11. The molecular formula is C33H39N7O3. The number of para-hydroxylation sites is 1. The van der Waals surface area contributed by atoms with E-state index in [2.05, 4.69) is 32.5 Å². The molecule has 1 unspecified atom stereocenters. The normalized spacial score (nSPS) is 18.9. The lowest BCUT2D eigenvalue weighted by atomic mass is 9.81. The maximum atomic E-state index is 14.1. The summed E-state index contributed by atoms with van der Waals surface area (Å²) in [6.07, 6.45) is 3.91. The van der Waals surface area contributed by atoms with Gasteiger partial charge >= 0.3 is 0 Å². The van der Waals surface area contributed by atoms with Gasteiger partial charge in [-0.05, 0) is 96.2 Å². The highest BCUT2D eigenvalue weighted by atomic mass is 16.5. The van der Waals surface area contributed by atoms with Gasteiger partial charge in [0.15, 0.2) is 11.5 Å². The molecule has 0 amide bonds. The SMILES string of the molecule is CCOc1cc2cnc(Nc3ccc(NC4CCN(C)CC4)cc3)nc2n(C2C(=O)c3ccccc3N(C)C2(C)C)c1=O. The van der Waals surface area contributed by atoms with Crippen LogP contribution in [-0.2, 0) is 0 Å². The van der Waals surface area contributed by atoms with Gasteiger partial charge in [-0.3, -0.25) is 14.2 Å². The molecule has 43 heavy (non-hydrogen) atoms. The molecule has 4 aromatic rings. The largest absolute Gasteiger partial charge is 0.488 e. The summed E-state index contributed by atoms with van der Waals surface area (Å²) in [6.45, 7) is 8.28. The number of nitrogens with one attached hydrogen (secondary N) is 2. The van der Waals surface area contributed by atoms with Gasteiger partial charge in [-0.1, -0.05) is 12.1 Å². The zero-order valence-corrected chi connectivity index (χ0v) is 25.4. The van der Waals surface area contributed by atoms with Crippen molar-refractivity contribution in [2.45, 2.75) is 51.2 Å². The molecule has 0 radical (unpaired) electrons. The number of carbonyl (C=O) groups excluding carboxylic acids is 1. The summed E-state index contributed by atoms with van der Waals surface area (Å²) in [5.74, 6) is 0.351. The Balaban J connectivity index is 1.37. The molecule has 10 heteroatoms. The van der Waals surface area contributed by atoms with Gasteiger partial charge < -0.3 is 25.2 Å². The molecule has 0 saturated carbocycles. The second-order valence-electron chi connectivity index (χ2n) is 12.0. The van der Waals surface area contributed by atoms with Gasteiger partial charge in [0, 0.05) is 47.3 Å². The molecule has 1 saturated heterocycles. The van der Waals surface area contributed by atoms with Gasteiger partial charge in [-0.15, -0.1) is 0 Å². The highest BCUT2D eigenvalue weighted by Crippen LogP contribution is 2.42. The Kier molecular flexibility index (Phi) is 7.56. The Bertz CT molecular complexity index is 1710. The number of Topliss-reactive ketones (excluding diaryl/α,β-unsaturated/α-hetero) is 1. The number of piperidine rings is 1. The number of ketones is 1. The first-order valence-electron chi connectivity index (χ1n) is 14.9. The first-order chi connectivity index (χ1) is 20.7. The molecule has 1 atom stereocenters. The Morgan fingerprint density at radius 1 is 1.00 bits per heavy atom. The van der Waals surface area contributed by atoms with Crippen LogP contribution in [0, 0.1) is 0 Å². The van der Waals surface area contributed by atoms with Crippen molar-refractivity contribution in [2.75, 3.05) is 49.3 Å². The van der Waals surface area contributed by atoms with Crippen LogP contribution in [-0.4, -0.2) is 70.6 Å². The average molecular weight is 582 g/mol. The van der Waals surface area contributed by atoms with Crippen LogP contribution in [0.1, 0.15) is 50.0 Å². The van der Waals surface area contributed by atoms with Crippen LogP contribution in [0.25, 0.3) is 11.0 Å². The van der Waals surface area contributed by atoms with E-state index < -0.39 is 17.1 Å². The lowest BCUT2D eigenvalue weighted by Crippen LogP contribution is -2.56.